The van der Waals surface area contributed by atoms with Gasteiger partial charge in [0.25, 0.3) is 0 Å². The zero-order chi connectivity index (χ0) is 12.4. The van der Waals surface area contributed by atoms with Gasteiger partial charge in [-0.25, -0.2) is 4.39 Å². The highest BCUT2D eigenvalue weighted by molar-refractivity contribution is 6.30. The largest absolute Gasteiger partial charge is 0.326 e. The quantitative estimate of drug-likeness (QED) is 0.913. The molecule has 0 saturated heterocycles. The van der Waals surface area contributed by atoms with Crippen molar-refractivity contribution in [3.63, 3.8) is 0 Å². The molecule has 0 aliphatic rings. The second-order valence-electron chi connectivity index (χ2n) is 3.85. The molecule has 1 aromatic carbocycles. The second kappa shape index (κ2) is 4.85. The van der Waals surface area contributed by atoms with Crippen molar-refractivity contribution in [3.8, 4) is 0 Å². The summed E-state index contributed by atoms with van der Waals surface area (Å²) in [5, 5.41) is 4.40. The lowest BCUT2D eigenvalue weighted by Crippen LogP contribution is -2.03. The van der Waals surface area contributed by atoms with Gasteiger partial charge in [0.1, 0.15) is 5.82 Å². The average Bonchev–Trinajstić information content (AvgIpc) is 2.65. The van der Waals surface area contributed by atoms with E-state index < -0.39 is 5.82 Å². The molecule has 3 nitrogen and oxygen atoms in total. The summed E-state index contributed by atoms with van der Waals surface area (Å²) in [6.07, 6.45) is 1.83. The predicted molar refractivity (Wildman–Crippen MR) is 65.4 cm³/mol. The van der Waals surface area contributed by atoms with Crippen molar-refractivity contribution in [3.05, 3.63) is 52.1 Å². The Balaban J connectivity index is 2.28. The van der Waals surface area contributed by atoms with Crippen molar-refractivity contribution in [1.29, 1.82) is 0 Å². The summed E-state index contributed by atoms with van der Waals surface area (Å²) >= 11 is 5.72. The van der Waals surface area contributed by atoms with Crippen LogP contribution in [0, 0.1) is 12.7 Å². The fraction of sp³-hybridized carbons (Fsp3) is 0.250. The molecule has 2 aromatic rings. The van der Waals surface area contributed by atoms with Gasteiger partial charge in [-0.15, -0.1) is 0 Å². The molecule has 17 heavy (non-hydrogen) atoms. The smallest absolute Gasteiger partial charge is 0.146 e. The van der Waals surface area contributed by atoms with Gasteiger partial charge < -0.3 is 5.73 Å². The van der Waals surface area contributed by atoms with Crippen LogP contribution in [0.5, 0.6) is 0 Å². The Labute approximate surface area is 104 Å². The number of hydrogen-bond acceptors (Lipinski definition) is 2. The summed E-state index contributed by atoms with van der Waals surface area (Å²) in [4.78, 5) is 0. The van der Waals surface area contributed by atoms with E-state index in [1.54, 1.807) is 16.8 Å². The number of halogens is 2. The molecule has 0 aliphatic carbocycles. The van der Waals surface area contributed by atoms with Crippen LogP contribution in [-0.2, 0) is 13.1 Å². The number of rotatable bonds is 3. The molecule has 1 aromatic heterocycles. The third-order valence-corrected chi connectivity index (χ3v) is 2.92. The van der Waals surface area contributed by atoms with Crippen LogP contribution >= 0.6 is 11.6 Å². The van der Waals surface area contributed by atoms with Gasteiger partial charge in [-0.1, -0.05) is 23.7 Å². The molecule has 5 heteroatoms. The van der Waals surface area contributed by atoms with Gasteiger partial charge in [0.05, 0.1) is 17.3 Å². The maximum Gasteiger partial charge on any atom is 0.146 e. The lowest BCUT2D eigenvalue weighted by Gasteiger charge is -2.04. The fourth-order valence-corrected chi connectivity index (χ4v) is 1.88. The Morgan fingerprint density at radius 3 is 2.82 bits per heavy atom. The van der Waals surface area contributed by atoms with E-state index in [0.717, 1.165) is 11.3 Å². The Morgan fingerprint density at radius 2 is 2.18 bits per heavy atom. The molecule has 1 heterocycles. The molecule has 2 rings (SSSR count). The highest BCUT2D eigenvalue weighted by Gasteiger charge is 2.08. The molecule has 0 saturated carbocycles. The highest BCUT2D eigenvalue weighted by atomic mass is 35.5. The molecule has 2 N–H and O–H groups in total. The molecule has 0 atom stereocenters. The summed E-state index contributed by atoms with van der Waals surface area (Å²) < 4.78 is 15.4. The van der Waals surface area contributed by atoms with Crippen molar-refractivity contribution in [2.75, 3.05) is 0 Å². The summed E-state index contributed by atoms with van der Waals surface area (Å²) in [6, 6.07) is 4.95. The van der Waals surface area contributed by atoms with E-state index in [1.807, 2.05) is 13.1 Å². The minimum Gasteiger partial charge on any atom is -0.326 e. The standard InChI is InChI=1S/C12H13ClFN3/c1-8-10(5-15)7-17(16-8)6-9-3-2-4-11(13)12(9)14/h2-4,7H,5-6,15H2,1H3. The third-order valence-electron chi connectivity index (χ3n) is 2.63. The van der Waals surface area contributed by atoms with Gasteiger partial charge in [0.15, 0.2) is 0 Å². The van der Waals surface area contributed by atoms with Gasteiger partial charge in [-0.2, -0.15) is 5.10 Å². The summed E-state index contributed by atoms with van der Waals surface area (Å²) in [6.45, 7) is 2.67. The predicted octanol–water partition coefficient (Wildman–Crippen LogP) is 2.49. The number of nitrogens with zero attached hydrogens (tertiary/aromatic N) is 2. The zero-order valence-electron chi connectivity index (χ0n) is 9.45. The minimum absolute atomic E-state index is 0.130. The molecule has 0 bridgehead atoms. The Kier molecular flexibility index (Phi) is 3.45. The van der Waals surface area contributed by atoms with E-state index in [1.165, 1.54) is 6.07 Å². The lowest BCUT2D eigenvalue weighted by molar-refractivity contribution is 0.584. The molecule has 0 fully saturated rings. The van der Waals surface area contributed by atoms with E-state index in [4.69, 9.17) is 17.3 Å². The lowest BCUT2D eigenvalue weighted by atomic mass is 10.2. The molecular weight excluding hydrogens is 241 g/mol. The first-order valence-corrected chi connectivity index (χ1v) is 5.65. The second-order valence-corrected chi connectivity index (χ2v) is 4.26. The van der Waals surface area contributed by atoms with Crippen LogP contribution in [0.25, 0.3) is 0 Å². The first-order valence-electron chi connectivity index (χ1n) is 5.27. The number of aromatic nitrogens is 2. The van der Waals surface area contributed by atoms with Crippen molar-refractivity contribution in [2.24, 2.45) is 5.73 Å². The van der Waals surface area contributed by atoms with Gasteiger partial charge in [-0.3, -0.25) is 4.68 Å². The Bertz CT molecular complexity index is 537. The van der Waals surface area contributed by atoms with E-state index in [-0.39, 0.29) is 5.02 Å². The minimum atomic E-state index is -0.392. The monoisotopic (exact) mass is 253 g/mol. The first-order chi connectivity index (χ1) is 8.11. The van der Waals surface area contributed by atoms with E-state index in [0.29, 0.717) is 18.7 Å². The Morgan fingerprint density at radius 1 is 1.41 bits per heavy atom. The maximum absolute atomic E-state index is 13.7. The molecular formula is C12H13ClFN3. The van der Waals surface area contributed by atoms with Gasteiger partial charge in [0.2, 0.25) is 0 Å². The van der Waals surface area contributed by atoms with Crippen LogP contribution in [0.2, 0.25) is 5.02 Å². The highest BCUT2D eigenvalue weighted by Crippen LogP contribution is 2.19. The fourth-order valence-electron chi connectivity index (χ4n) is 1.69. The van der Waals surface area contributed by atoms with Crippen molar-refractivity contribution >= 4 is 11.6 Å². The molecule has 0 amide bonds. The van der Waals surface area contributed by atoms with Crippen LogP contribution < -0.4 is 5.73 Å². The van der Waals surface area contributed by atoms with E-state index in [2.05, 4.69) is 5.10 Å². The van der Waals surface area contributed by atoms with Crippen LogP contribution in [0.1, 0.15) is 16.8 Å². The van der Waals surface area contributed by atoms with Crippen LogP contribution in [0.15, 0.2) is 24.4 Å². The van der Waals surface area contributed by atoms with Crippen LogP contribution in [0.3, 0.4) is 0 Å². The molecule has 0 unspecified atom stereocenters. The summed E-state index contributed by atoms with van der Waals surface area (Å²) in [5.74, 6) is -0.392. The number of benzene rings is 1. The van der Waals surface area contributed by atoms with Gasteiger partial charge in [-0.05, 0) is 13.0 Å². The molecule has 90 valence electrons. The number of nitrogens with two attached hydrogens (primary N) is 1. The zero-order valence-corrected chi connectivity index (χ0v) is 10.2. The first kappa shape index (κ1) is 12.1. The van der Waals surface area contributed by atoms with E-state index in [9.17, 15) is 4.39 Å². The normalized spacial score (nSPS) is 10.8. The van der Waals surface area contributed by atoms with E-state index >= 15 is 0 Å². The van der Waals surface area contributed by atoms with Crippen LogP contribution in [0.4, 0.5) is 4.39 Å². The van der Waals surface area contributed by atoms with Gasteiger partial charge in [0, 0.05) is 23.9 Å². The molecule has 0 spiro atoms. The number of hydrogen-bond donors (Lipinski definition) is 1. The molecule has 0 radical (unpaired) electrons. The van der Waals surface area contributed by atoms with Crippen molar-refractivity contribution in [1.82, 2.24) is 9.78 Å². The number of aryl methyl sites for hydroxylation is 1. The average molecular weight is 254 g/mol. The summed E-state index contributed by atoms with van der Waals surface area (Å²) in [7, 11) is 0. The van der Waals surface area contributed by atoms with Crippen LogP contribution in [-0.4, -0.2) is 9.78 Å². The third kappa shape index (κ3) is 2.48. The topological polar surface area (TPSA) is 43.8 Å². The summed E-state index contributed by atoms with van der Waals surface area (Å²) in [5.41, 5.74) is 7.92. The maximum atomic E-state index is 13.7. The van der Waals surface area contributed by atoms with Gasteiger partial charge >= 0.3 is 0 Å². The van der Waals surface area contributed by atoms with Crippen molar-refractivity contribution in [2.45, 2.75) is 20.0 Å². The Hall–Kier alpha value is -1.39. The SMILES string of the molecule is Cc1nn(Cc2cccc(Cl)c2F)cc1CN. The van der Waals surface area contributed by atoms with Crippen molar-refractivity contribution < 1.29 is 4.39 Å². The molecule has 0 aliphatic heterocycles.